The number of aryl methyl sites for hydroxylation is 1. The van der Waals surface area contributed by atoms with Crippen LogP contribution >= 0.6 is 0 Å². The minimum Gasteiger partial charge on any atom is -0.390 e. The van der Waals surface area contributed by atoms with E-state index >= 15 is 0 Å². The number of aliphatic hydroxyl groups is 1. The van der Waals surface area contributed by atoms with Crippen molar-refractivity contribution in [3.63, 3.8) is 0 Å². The Balaban J connectivity index is 1.90. The molecule has 1 aliphatic carbocycles. The summed E-state index contributed by atoms with van der Waals surface area (Å²) in [7, 11) is 0. The predicted molar refractivity (Wildman–Crippen MR) is 58.1 cm³/mol. The molecular formula is C13H17FO. The zero-order chi connectivity index (χ0) is 10.7. The van der Waals surface area contributed by atoms with E-state index in [0.29, 0.717) is 0 Å². The van der Waals surface area contributed by atoms with Gasteiger partial charge in [0.2, 0.25) is 0 Å². The van der Waals surface area contributed by atoms with Crippen LogP contribution in [0, 0.1) is 5.82 Å². The molecule has 0 radical (unpaired) electrons. The van der Waals surface area contributed by atoms with Crippen molar-refractivity contribution in [1.82, 2.24) is 0 Å². The van der Waals surface area contributed by atoms with Gasteiger partial charge in [-0.15, -0.1) is 0 Å². The van der Waals surface area contributed by atoms with Crippen LogP contribution in [0.2, 0.25) is 0 Å². The van der Waals surface area contributed by atoms with E-state index in [2.05, 4.69) is 0 Å². The molecule has 82 valence electrons. The van der Waals surface area contributed by atoms with Crippen molar-refractivity contribution in [3.8, 4) is 0 Å². The molecule has 1 aromatic carbocycles. The molecule has 1 nitrogen and oxygen atoms in total. The molecule has 15 heavy (non-hydrogen) atoms. The van der Waals surface area contributed by atoms with Crippen LogP contribution in [-0.4, -0.2) is 10.7 Å². The quantitative estimate of drug-likeness (QED) is 0.809. The summed E-state index contributed by atoms with van der Waals surface area (Å²) in [6.45, 7) is 0. The molecule has 1 saturated carbocycles. The Morgan fingerprint density at radius 1 is 1.13 bits per heavy atom. The van der Waals surface area contributed by atoms with Gasteiger partial charge in [-0.1, -0.05) is 25.0 Å². The van der Waals surface area contributed by atoms with Gasteiger partial charge in [0.05, 0.1) is 5.60 Å². The maximum atomic E-state index is 12.7. The van der Waals surface area contributed by atoms with Gasteiger partial charge >= 0.3 is 0 Å². The molecule has 0 heterocycles. The van der Waals surface area contributed by atoms with Gasteiger partial charge in [0.1, 0.15) is 5.82 Å². The van der Waals surface area contributed by atoms with E-state index in [-0.39, 0.29) is 5.82 Å². The van der Waals surface area contributed by atoms with Gasteiger partial charge in [0, 0.05) is 0 Å². The van der Waals surface area contributed by atoms with Crippen LogP contribution in [0.4, 0.5) is 4.39 Å². The van der Waals surface area contributed by atoms with E-state index in [0.717, 1.165) is 44.1 Å². The van der Waals surface area contributed by atoms with Crippen molar-refractivity contribution in [1.29, 1.82) is 0 Å². The molecule has 2 heteroatoms. The van der Waals surface area contributed by atoms with Gasteiger partial charge < -0.3 is 5.11 Å². The predicted octanol–water partition coefficient (Wildman–Crippen LogP) is 3.06. The Kier molecular flexibility index (Phi) is 3.06. The molecule has 0 spiro atoms. The highest BCUT2D eigenvalue weighted by atomic mass is 19.1. The maximum Gasteiger partial charge on any atom is 0.123 e. The molecule has 0 unspecified atom stereocenters. The third-order valence-corrected chi connectivity index (χ3v) is 3.33. The average Bonchev–Trinajstić information content (AvgIpc) is 2.65. The Labute approximate surface area is 89.9 Å². The smallest absolute Gasteiger partial charge is 0.123 e. The zero-order valence-electron chi connectivity index (χ0n) is 8.88. The van der Waals surface area contributed by atoms with Crippen LogP contribution in [0.25, 0.3) is 0 Å². The normalized spacial score (nSPS) is 19.3. The minimum absolute atomic E-state index is 0.196. The van der Waals surface area contributed by atoms with Crippen molar-refractivity contribution in [2.75, 3.05) is 0 Å². The second kappa shape index (κ2) is 4.31. The first-order chi connectivity index (χ1) is 7.18. The SMILES string of the molecule is OC1(CCc2ccc(F)cc2)CCCC1. The van der Waals surface area contributed by atoms with E-state index in [4.69, 9.17) is 0 Å². The van der Waals surface area contributed by atoms with Gasteiger partial charge in [-0.05, 0) is 43.4 Å². The van der Waals surface area contributed by atoms with Gasteiger partial charge in [0.25, 0.3) is 0 Å². The summed E-state index contributed by atoms with van der Waals surface area (Å²) < 4.78 is 12.7. The molecule has 1 N–H and O–H groups in total. The van der Waals surface area contributed by atoms with Crippen LogP contribution in [0.5, 0.6) is 0 Å². The third-order valence-electron chi connectivity index (χ3n) is 3.33. The summed E-state index contributed by atoms with van der Waals surface area (Å²) >= 11 is 0. The lowest BCUT2D eigenvalue weighted by molar-refractivity contribution is 0.0391. The van der Waals surface area contributed by atoms with Crippen molar-refractivity contribution in [2.24, 2.45) is 0 Å². The Bertz CT molecular complexity index is 312. The van der Waals surface area contributed by atoms with Crippen molar-refractivity contribution in [3.05, 3.63) is 35.6 Å². The first-order valence-electron chi connectivity index (χ1n) is 5.65. The van der Waals surface area contributed by atoms with Crippen molar-refractivity contribution in [2.45, 2.75) is 44.1 Å². The topological polar surface area (TPSA) is 20.2 Å². The molecule has 0 bridgehead atoms. The van der Waals surface area contributed by atoms with E-state index in [1.54, 1.807) is 12.1 Å². The third kappa shape index (κ3) is 2.78. The molecule has 0 saturated heterocycles. The molecular weight excluding hydrogens is 191 g/mol. The summed E-state index contributed by atoms with van der Waals surface area (Å²) in [5.74, 6) is -0.196. The van der Waals surface area contributed by atoms with E-state index < -0.39 is 5.60 Å². The highest BCUT2D eigenvalue weighted by Gasteiger charge is 2.30. The molecule has 1 fully saturated rings. The summed E-state index contributed by atoms with van der Waals surface area (Å²) in [6.07, 6.45) is 5.78. The number of rotatable bonds is 3. The Morgan fingerprint density at radius 3 is 2.33 bits per heavy atom. The number of benzene rings is 1. The number of hydrogen-bond acceptors (Lipinski definition) is 1. The lowest BCUT2D eigenvalue weighted by Gasteiger charge is -2.21. The van der Waals surface area contributed by atoms with Gasteiger partial charge in [0.15, 0.2) is 0 Å². The van der Waals surface area contributed by atoms with Crippen LogP contribution in [0.15, 0.2) is 24.3 Å². The lowest BCUT2D eigenvalue weighted by atomic mass is 9.93. The minimum atomic E-state index is -0.450. The standard InChI is InChI=1S/C13H17FO/c14-12-5-3-11(4-6-12)7-10-13(15)8-1-2-9-13/h3-6,15H,1-2,7-10H2. The molecule has 1 aromatic rings. The summed E-state index contributed by atoms with van der Waals surface area (Å²) in [4.78, 5) is 0. The fraction of sp³-hybridized carbons (Fsp3) is 0.538. The van der Waals surface area contributed by atoms with Gasteiger partial charge in [-0.25, -0.2) is 4.39 Å². The zero-order valence-corrected chi connectivity index (χ0v) is 8.88. The highest BCUT2D eigenvalue weighted by molar-refractivity contribution is 5.16. The first kappa shape index (κ1) is 10.6. The first-order valence-corrected chi connectivity index (χ1v) is 5.65. The van der Waals surface area contributed by atoms with E-state index in [1.165, 1.54) is 12.1 Å². The Hall–Kier alpha value is -0.890. The summed E-state index contributed by atoms with van der Waals surface area (Å²) in [5, 5.41) is 10.1. The monoisotopic (exact) mass is 208 g/mol. The molecule has 1 aliphatic rings. The van der Waals surface area contributed by atoms with Crippen molar-refractivity contribution >= 4 is 0 Å². The summed E-state index contributed by atoms with van der Waals surface area (Å²) in [6, 6.07) is 6.56. The molecule has 2 rings (SSSR count). The number of hydrogen-bond donors (Lipinski definition) is 1. The van der Waals surface area contributed by atoms with Crippen LogP contribution in [0.3, 0.4) is 0 Å². The number of halogens is 1. The highest BCUT2D eigenvalue weighted by Crippen LogP contribution is 2.33. The van der Waals surface area contributed by atoms with Gasteiger partial charge in [-0.2, -0.15) is 0 Å². The van der Waals surface area contributed by atoms with Crippen LogP contribution < -0.4 is 0 Å². The Morgan fingerprint density at radius 2 is 1.73 bits per heavy atom. The fourth-order valence-electron chi connectivity index (χ4n) is 2.31. The maximum absolute atomic E-state index is 12.7. The van der Waals surface area contributed by atoms with Crippen LogP contribution in [0.1, 0.15) is 37.7 Å². The van der Waals surface area contributed by atoms with Gasteiger partial charge in [-0.3, -0.25) is 0 Å². The van der Waals surface area contributed by atoms with Crippen LogP contribution in [-0.2, 0) is 6.42 Å². The fourth-order valence-corrected chi connectivity index (χ4v) is 2.31. The lowest BCUT2D eigenvalue weighted by Crippen LogP contribution is -2.24. The van der Waals surface area contributed by atoms with Crippen molar-refractivity contribution < 1.29 is 9.50 Å². The molecule has 0 atom stereocenters. The second-order valence-corrected chi connectivity index (χ2v) is 4.56. The second-order valence-electron chi connectivity index (χ2n) is 4.56. The molecule has 0 aromatic heterocycles. The molecule has 0 amide bonds. The van der Waals surface area contributed by atoms with E-state index in [9.17, 15) is 9.50 Å². The largest absolute Gasteiger partial charge is 0.390 e. The molecule has 0 aliphatic heterocycles. The van der Waals surface area contributed by atoms with E-state index in [1.807, 2.05) is 0 Å². The average molecular weight is 208 g/mol. The summed E-state index contributed by atoms with van der Waals surface area (Å²) in [5.41, 5.74) is 0.658.